The van der Waals surface area contributed by atoms with Crippen molar-refractivity contribution in [3.8, 4) is 123 Å². The van der Waals surface area contributed by atoms with Gasteiger partial charge in [-0.2, -0.15) is 0 Å². The van der Waals surface area contributed by atoms with Gasteiger partial charge in [-0.3, -0.25) is 0 Å². The van der Waals surface area contributed by atoms with E-state index in [0.29, 0.717) is 0 Å². The smallest absolute Gasteiger partial charge is 0.0547 e. The minimum absolute atomic E-state index is 1.09. The molecule has 0 aliphatic carbocycles. The van der Waals surface area contributed by atoms with Crippen molar-refractivity contribution in [2.24, 2.45) is 0 Å². The molecule has 6 heteroatoms. The van der Waals surface area contributed by atoms with Crippen LogP contribution in [0.5, 0.6) is 0 Å². The van der Waals surface area contributed by atoms with Crippen molar-refractivity contribution in [3.63, 3.8) is 0 Å². The van der Waals surface area contributed by atoms with E-state index in [1.807, 2.05) is 0 Å². The first kappa shape index (κ1) is 87.4. The largest absolute Gasteiger partial charge is 0.311 e. The van der Waals surface area contributed by atoms with Gasteiger partial charge in [-0.1, -0.05) is 406 Å². The maximum absolute atomic E-state index is 2.41. The number of para-hydroxylation sites is 8. The highest BCUT2D eigenvalue weighted by molar-refractivity contribution is 6.16. The van der Waals surface area contributed by atoms with E-state index in [4.69, 9.17) is 0 Å². The summed E-state index contributed by atoms with van der Waals surface area (Å²) in [7, 11) is 0. The van der Waals surface area contributed by atoms with Crippen LogP contribution in [-0.2, 0) is 0 Å². The zero-order chi connectivity index (χ0) is 97.9. The maximum atomic E-state index is 2.41. The predicted molar refractivity (Wildman–Crippen MR) is 626 cm³/mol. The van der Waals surface area contributed by atoms with Crippen LogP contribution in [0, 0.1) is 0 Å². The Morgan fingerprint density at radius 1 is 0.108 bits per heavy atom. The molecule has 4 heterocycles. The summed E-state index contributed by atoms with van der Waals surface area (Å²) in [4.78, 5) is 4.76. The van der Waals surface area contributed by atoms with E-state index in [1.165, 1.54) is 204 Å². The summed E-state index contributed by atoms with van der Waals surface area (Å²) >= 11 is 0. The summed E-state index contributed by atoms with van der Waals surface area (Å²) in [5.41, 5.74) is 42.2. The molecule has 0 atom stereocenters. The normalized spacial score (nSPS) is 11.5. The minimum atomic E-state index is 1.09. The molecule has 0 amide bonds. The van der Waals surface area contributed by atoms with Crippen LogP contribution >= 0.6 is 0 Å². The van der Waals surface area contributed by atoms with Crippen LogP contribution in [0.1, 0.15) is 0 Å². The van der Waals surface area contributed by atoms with E-state index >= 15 is 0 Å². The molecular formula is C142H96N6. The summed E-state index contributed by atoms with van der Waals surface area (Å²) < 4.78 is 9.51. The zero-order valence-corrected chi connectivity index (χ0v) is 81.1. The highest BCUT2D eigenvalue weighted by atomic mass is 15.2. The fraction of sp³-hybridized carbons (Fsp3) is 0. The SMILES string of the molecule is c1ccc(-c2ccc(N(c3ccc(-c4ccc(-c5ccc6c(c5)c5ccccc5n6-c5ccccc5)cc4)cc3)c3ccc(-c4ccc(-c5ccc6c7ccccc7n(-c7ccccc7)c6c5)cc4)cc3)cc2)cc1.c1ccc(-c2ccc(N(c3ccc(-c4ccc(-c5ccc6c7ccccc7n(-c7ccccc7)c6c5)cc4)cc3)c3ccc(-c4ccc5c(c4)c4ccccc4n5-c4ccccc4)c4ccccc34)cc2)cc1. The summed E-state index contributed by atoms with van der Waals surface area (Å²) in [6.45, 7) is 0. The topological polar surface area (TPSA) is 26.2 Å². The lowest BCUT2D eigenvalue weighted by Crippen LogP contribution is -2.10. The van der Waals surface area contributed by atoms with Crippen LogP contribution in [0.25, 0.3) is 221 Å². The predicted octanol–water partition coefficient (Wildman–Crippen LogP) is 38.9. The van der Waals surface area contributed by atoms with Crippen molar-refractivity contribution in [1.29, 1.82) is 0 Å². The molecule has 24 aromatic carbocycles. The number of nitrogens with zero attached hydrogens (tertiary/aromatic N) is 6. The van der Waals surface area contributed by atoms with Gasteiger partial charge < -0.3 is 28.1 Å². The molecule has 0 spiro atoms. The maximum Gasteiger partial charge on any atom is 0.0547 e. The van der Waals surface area contributed by atoms with Crippen molar-refractivity contribution < 1.29 is 0 Å². The van der Waals surface area contributed by atoms with Crippen LogP contribution in [0.15, 0.2) is 582 Å². The monoisotopic (exact) mass is 1880 g/mol. The Morgan fingerprint density at radius 2 is 0.311 bits per heavy atom. The van der Waals surface area contributed by atoms with E-state index in [1.54, 1.807) is 0 Å². The van der Waals surface area contributed by atoms with Crippen LogP contribution < -0.4 is 9.80 Å². The van der Waals surface area contributed by atoms with Gasteiger partial charge in [-0.25, -0.2) is 0 Å². The van der Waals surface area contributed by atoms with Gasteiger partial charge in [-0.05, 0) is 281 Å². The number of rotatable bonds is 19. The third-order valence-corrected chi connectivity index (χ3v) is 29.7. The molecule has 0 bridgehead atoms. The molecule has 0 aliphatic rings. The lowest BCUT2D eigenvalue weighted by molar-refractivity contribution is 1.18. The number of hydrogen-bond acceptors (Lipinski definition) is 2. The van der Waals surface area contributed by atoms with Gasteiger partial charge in [0, 0.05) is 99.7 Å². The zero-order valence-electron chi connectivity index (χ0n) is 81.1. The average Bonchev–Trinajstić information content (AvgIpc) is 1.59. The Morgan fingerprint density at radius 3 is 0.635 bits per heavy atom. The first-order chi connectivity index (χ1) is 73.4. The van der Waals surface area contributed by atoms with Gasteiger partial charge in [0.25, 0.3) is 0 Å². The lowest BCUT2D eigenvalue weighted by atomic mass is 9.95. The molecule has 694 valence electrons. The van der Waals surface area contributed by atoms with Crippen molar-refractivity contribution in [2.45, 2.75) is 0 Å². The summed E-state index contributed by atoms with van der Waals surface area (Å²) in [6, 6.07) is 212. The quantitative estimate of drug-likeness (QED) is 0.0806. The molecule has 0 saturated heterocycles. The number of fused-ring (bicyclic) bond motifs is 13. The molecule has 28 aromatic rings. The molecule has 6 nitrogen and oxygen atoms in total. The minimum Gasteiger partial charge on any atom is -0.311 e. The third-order valence-electron chi connectivity index (χ3n) is 29.7. The average molecular weight is 1890 g/mol. The summed E-state index contributed by atoms with van der Waals surface area (Å²) in [6.07, 6.45) is 0. The van der Waals surface area contributed by atoms with E-state index in [2.05, 4.69) is 610 Å². The first-order valence-electron chi connectivity index (χ1n) is 50.8. The molecule has 0 radical (unpaired) electrons. The summed E-state index contributed by atoms with van der Waals surface area (Å²) in [5.74, 6) is 0. The second kappa shape index (κ2) is 37.7. The van der Waals surface area contributed by atoms with Crippen molar-refractivity contribution >= 4 is 132 Å². The number of benzene rings is 24. The van der Waals surface area contributed by atoms with Crippen LogP contribution in [0.2, 0.25) is 0 Å². The van der Waals surface area contributed by atoms with Gasteiger partial charge in [0.15, 0.2) is 0 Å². The highest BCUT2D eigenvalue weighted by Gasteiger charge is 2.25. The van der Waals surface area contributed by atoms with Crippen molar-refractivity contribution in [2.75, 3.05) is 9.80 Å². The second-order valence-electron chi connectivity index (χ2n) is 38.2. The van der Waals surface area contributed by atoms with E-state index in [0.717, 1.165) is 51.2 Å². The lowest BCUT2D eigenvalue weighted by Gasteiger charge is -2.28. The van der Waals surface area contributed by atoms with Gasteiger partial charge in [-0.15, -0.1) is 0 Å². The van der Waals surface area contributed by atoms with Gasteiger partial charge in [0.2, 0.25) is 0 Å². The van der Waals surface area contributed by atoms with E-state index in [-0.39, 0.29) is 0 Å². The molecular weight excluding hydrogens is 1790 g/mol. The molecule has 0 saturated carbocycles. The fourth-order valence-corrected chi connectivity index (χ4v) is 22.5. The summed E-state index contributed by atoms with van der Waals surface area (Å²) in [5, 5.41) is 12.4. The van der Waals surface area contributed by atoms with E-state index < -0.39 is 0 Å². The molecule has 148 heavy (non-hydrogen) atoms. The van der Waals surface area contributed by atoms with Crippen LogP contribution in [0.3, 0.4) is 0 Å². The molecule has 0 unspecified atom stereocenters. The van der Waals surface area contributed by atoms with Crippen LogP contribution in [0.4, 0.5) is 34.1 Å². The second-order valence-corrected chi connectivity index (χ2v) is 38.2. The Kier molecular flexibility index (Phi) is 22.2. The van der Waals surface area contributed by atoms with Gasteiger partial charge in [0.1, 0.15) is 0 Å². The molecule has 0 fully saturated rings. The number of aromatic nitrogens is 4. The number of anilines is 6. The van der Waals surface area contributed by atoms with E-state index in [9.17, 15) is 0 Å². The van der Waals surface area contributed by atoms with Crippen LogP contribution in [-0.4, -0.2) is 18.3 Å². The Bertz CT molecular complexity index is 9790. The molecule has 4 aromatic heterocycles. The van der Waals surface area contributed by atoms with Crippen molar-refractivity contribution in [1.82, 2.24) is 18.3 Å². The molecule has 0 N–H and O–H groups in total. The standard InChI is InChI=1S/C72H49N3.C70H47N3/c1-4-14-50(15-5-1)53-32-40-62(41-33-53)73(63-42-34-54(35-43-63)51-24-28-56(29-25-51)58-39-47-71-68(48-58)66-21-11-13-23-70(66)74(71)60-16-6-2-7-17-60)64-44-36-55(37-45-64)52-26-30-57(31-27-52)59-38-46-67-65-20-10-12-22-69(65)75(72(67)49-59)61-18-8-3-9-19-61;1-4-16-48(17-5-1)50-32-38-57(39-33-50)71(68-45-43-59(60-22-10-11-23-61(60)68)54-37-44-69-65(46-54)63-25-13-15-27-67(63)72(69)55-18-6-2-7-19-55)58-40-34-51(35-41-58)49-28-30-52(31-29-49)53-36-42-64-62-24-12-14-26-66(62)73(70(64)47-53)56-20-8-3-9-21-56/h1-49H;1-47H. The Balaban J connectivity index is 0.000000146. The van der Waals surface area contributed by atoms with Gasteiger partial charge >= 0.3 is 0 Å². The third kappa shape index (κ3) is 16.0. The first-order valence-corrected chi connectivity index (χ1v) is 50.8. The fourth-order valence-electron chi connectivity index (χ4n) is 22.5. The number of hydrogen-bond donors (Lipinski definition) is 0. The highest BCUT2D eigenvalue weighted by Crippen LogP contribution is 2.48. The molecule has 0 aliphatic heterocycles. The Hall–Kier alpha value is -19.7. The van der Waals surface area contributed by atoms with Crippen molar-refractivity contribution in [3.05, 3.63) is 582 Å². The van der Waals surface area contributed by atoms with Gasteiger partial charge in [0.05, 0.1) is 49.8 Å². The Labute approximate surface area is 859 Å². The molecule has 28 rings (SSSR count).